The van der Waals surface area contributed by atoms with E-state index in [9.17, 15) is 0 Å². The van der Waals surface area contributed by atoms with Gasteiger partial charge in [-0.05, 0) is 18.6 Å². The molecule has 2 N–H and O–H groups in total. The summed E-state index contributed by atoms with van der Waals surface area (Å²) in [5.74, 6) is 1.23. The Kier molecular flexibility index (Phi) is 5.76. The van der Waals surface area contributed by atoms with Crippen LogP contribution in [0, 0.1) is 6.92 Å². The van der Waals surface area contributed by atoms with Crippen LogP contribution >= 0.6 is 12.4 Å². The van der Waals surface area contributed by atoms with Gasteiger partial charge in [-0.25, -0.2) is 0 Å². The van der Waals surface area contributed by atoms with Crippen LogP contribution in [-0.2, 0) is 13.1 Å². The first-order valence-electron chi connectivity index (χ1n) is 7.30. The lowest BCUT2D eigenvalue weighted by Crippen LogP contribution is -2.46. The van der Waals surface area contributed by atoms with Crippen LogP contribution in [-0.4, -0.2) is 41.2 Å². The largest absolute Gasteiger partial charge is 0.369 e. The average molecular weight is 324 g/mol. The van der Waals surface area contributed by atoms with Gasteiger partial charge in [0.25, 0.3) is 0 Å². The van der Waals surface area contributed by atoms with Crippen molar-refractivity contribution in [1.82, 2.24) is 15.0 Å². The fourth-order valence-electron chi connectivity index (χ4n) is 2.70. The minimum Gasteiger partial charge on any atom is -0.369 e. The van der Waals surface area contributed by atoms with Crippen LogP contribution in [0.5, 0.6) is 0 Å². The van der Waals surface area contributed by atoms with Crippen molar-refractivity contribution in [2.75, 3.05) is 31.1 Å². The lowest BCUT2D eigenvalue weighted by atomic mass is 10.1. The molecule has 1 aromatic heterocycles. The highest BCUT2D eigenvalue weighted by molar-refractivity contribution is 5.85. The van der Waals surface area contributed by atoms with Crippen LogP contribution in [0.15, 0.2) is 28.8 Å². The van der Waals surface area contributed by atoms with Crippen LogP contribution in [0.1, 0.15) is 17.3 Å². The Morgan fingerprint density at radius 2 is 1.91 bits per heavy atom. The number of nitrogens with zero attached hydrogens (tertiary/aromatic N) is 4. The summed E-state index contributed by atoms with van der Waals surface area (Å²) in [6.45, 7) is 7.23. The molecule has 22 heavy (non-hydrogen) atoms. The molecule has 1 saturated heterocycles. The first-order valence-corrected chi connectivity index (χ1v) is 7.30. The molecule has 0 amide bonds. The Bertz CT molecular complexity index is 595. The number of hydrogen-bond donors (Lipinski definition) is 1. The highest BCUT2D eigenvalue weighted by atomic mass is 35.5. The van der Waals surface area contributed by atoms with E-state index in [1.165, 1.54) is 11.3 Å². The van der Waals surface area contributed by atoms with Crippen molar-refractivity contribution in [2.24, 2.45) is 5.73 Å². The summed E-state index contributed by atoms with van der Waals surface area (Å²) in [5.41, 5.74) is 8.14. The average Bonchev–Trinajstić information content (AvgIpc) is 2.96. The van der Waals surface area contributed by atoms with Crippen molar-refractivity contribution in [3.8, 4) is 0 Å². The van der Waals surface area contributed by atoms with E-state index in [1.54, 1.807) is 0 Å². The van der Waals surface area contributed by atoms with E-state index in [4.69, 9.17) is 10.3 Å². The Labute approximate surface area is 136 Å². The second-order valence-corrected chi connectivity index (χ2v) is 5.36. The van der Waals surface area contributed by atoms with Crippen LogP contribution < -0.4 is 10.6 Å². The van der Waals surface area contributed by atoms with E-state index in [2.05, 4.69) is 51.1 Å². The molecule has 0 bridgehead atoms. The Hall–Kier alpha value is -1.63. The van der Waals surface area contributed by atoms with Crippen LogP contribution in [0.2, 0.25) is 0 Å². The molecule has 3 rings (SSSR count). The quantitative estimate of drug-likeness (QED) is 0.921. The van der Waals surface area contributed by atoms with Crippen molar-refractivity contribution >= 4 is 18.1 Å². The molecule has 0 unspecified atom stereocenters. The zero-order chi connectivity index (χ0) is 14.7. The van der Waals surface area contributed by atoms with Gasteiger partial charge in [-0.15, -0.1) is 12.4 Å². The van der Waals surface area contributed by atoms with Gasteiger partial charge in [0.2, 0.25) is 5.89 Å². The number of aryl methyl sites for hydroxylation is 1. The maximum Gasteiger partial charge on any atom is 0.240 e. The van der Waals surface area contributed by atoms with Gasteiger partial charge >= 0.3 is 0 Å². The molecule has 6 nitrogen and oxygen atoms in total. The summed E-state index contributed by atoms with van der Waals surface area (Å²) in [6.07, 6.45) is 0. The Morgan fingerprint density at radius 1 is 1.18 bits per heavy atom. The predicted molar refractivity (Wildman–Crippen MR) is 88.1 cm³/mol. The molecular formula is C15H22ClN5O. The topological polar surface area (TPSA) is 71.4 Å². The normalized spacial score (nSPS) is 15.6. The summed E-state index contributed by atoms with van der Waals surface area (Å²) < 4.78 is 5.04. The van der Waals surface area contributed by atoms with E-state index in [0.717, 1.165) is 38.5 Å². The van der Waals surface area contributed by atoms with Gasteiger partial charge in [-0.1, -0.05) is 23.4 Å². The molecule has 1 aromatic carbocycles. The summed E-state index contributed by atoms with van der Waals surface area (Å²) in [4.78, 5) is 9.04. The number of benzene rings is 1. The number of hydrogen-bond acceptors (Lipinski definition) is 6. The van der Waals surface area contributed by atoms with Crippen molar-refractivity contribution in [1.29, 1.82) is 0 Å². The van der Waals surface area contributed by atoms with E-state index in [0.29, 0.717) is 12.4 Å². The van der Waals surface area contributed by atoms with Crippen LogP contribution in [0.25, 0.3) is 0 Å². The fraction of sp³-hybridized carbons (Fsp3) is 0.467. The Balaban J connectivity index is 0.00000176. The first kappa shape index (κ1) is 16.7. The number of nitrogens with two attached hydrogens (primary N) is 1. The van der Waals surface area contributed by atoms with E-state index in [-0.39, 0.29) is 12.4 Å². The summed E-state index contributed by atoms with van der Waals surface area (Å²) in [7, 11) is 0. The summed E-state index contributed by atoms with van der Waals surface area (Å²) in [5, 5.41) is 3.95. The third kappa shape index (κ3) is 3.76. The number of rotatable bonds is 4. The first-order chi connectivity index (χ1) is 10.3. The number of halogens is 1. The van der Waals surface area contributed by atoms with Gasteiger partial charge in [0, 0.05) is 31.9 Å². The molecule has 1 fully saturated rings. The van der Waals surface area contributed by atoms with E-state index >= 15 is 0 Å². The molecule has 2 heterocycles. The molecule has 0 aliphatic carbocycles. The smallest absolute Gasteiger partial charge is 0.240 e. The third-order valence-corrected chi connectivity index (χ3v) is 3.88. The molecular weight excluding hydrogens is 302 g/mol. The molecule has 0 saturated carbocycles. The van der Waals surface area contributed by atoms with Crippen LogP contribution in [0.4, 0.5) is 5.69 Å². The number of para-hydroxylation sites is 1. The van der Waals surface area contributed by atoms with E-state index < -0.39 is 0 Å². The zero-order valence-electron chi connectivity index (χ0n) is 12.7. The standard InChI is InChI=1S/C15H21N5O.ClH/c1-12-4-2-3-5-13(12)20-8-6-19(7-9-20)11-14-17-15(10-16)21-18-14;/h2-5H,6-11,16H2,1H3;1H. The minimum atomic E-state index is 0. The maximum absolute atomic E-state index is 5.48. The van der Waals surface area contributed by atoms with Gasteiger partial charge in [-0.3, -0.25) is 4.90 Å². The molecule has 7 heteroatoms. The lowest BCUT2D eigenvalue weighted by molar-refractivity contribution is 0.240. The predicted octanol–water partition coefficient (Wildman–Crippen LogP) is 1.58. The molecule has 1 aliphatic rings. The van der Waals surface area contributed by atoms with Gasteiger partial charge in [0.05, 0.1) is 13.1 Å². The van der Waals surface area contributed by atoms with Crippen molar-refractivity contribution in [3.05, 3.63) is 41.5 Å². The lowest BCUT2D eigenvalue weighted by Gasteiger charge is -2.36. The fourth-order valence-corrected chi connectivity index (χ4v) is 2.70. The molecule has 0 radical (unpaired) electrons. The van der Waals surface area contributed by atoms with Crippen molar-refractivity contribution in [2.45, 2.75) is 20.0 Å². The molecule has 2 aromatic rings. The highest BCUT2D eigenvalue weighted by Crippen LogP contribution is 2.21. The van der Waals surface area contributed by atoms with Gasteiger partial charge in [0.1, 0.15) is 0 Å². The molecule has 0 atom stereocenters. The third-order valence-electron chi connectivity index (χ3n) is 3.88. The van der Waals surface area contributed by atoms with Crippen LogP contribution in [0.3, 0.4) is 0 Å². The van der Waals surface area contributed by atoms with Gasteiger partial charge in [-0.2, -0.15) is 4.98 Å². The SMILES string of the molecule is Cc1ccccc1N1CCN(Cc2noc(CN)n2)CC1.Cl. The number of piperazine rings is 1. The number of aromatic nitrogens is 2. The monoisotopic (exact) mass is 323 g/mol. The van der Waals surface area contributed by atoms with E-state index in [1.807, 2.05) is 0 Å². The Morgan fingerprint density at radius 3 is 2.55 bits per heavy atom. The zero-order valence-corrected chi connectivity index (χ0v) is 13.6. The summed E-state index contributed by atoms with van der Waals surface area (Å²) >= 11 is 0. The molecule has 0 spiro atoms. The van der Waals surface area contributed by atoms with Gasteiger partial charge < -0.3 is 15.2 Å². The number of anilines is 1. The van der Waals surface area contributed by atoms with Crippen molar-refractivity contribution in [3.63, 3.8) is 0 Å². The summed E-state index contributed by atoms with van der Waals surface area (Å²) in [6, 6.07) is 8.54. The molecule has 120 valence electrons. The van der Waals surface area contributed by atoms with Crippen molar-refractivity contribution < 1.29 is 4.52 Å². The highest BCUT2D eigenvalue weighted by Gasteiger charge is 2.19. The second-order valence-electron chi connectivity index (χ2n) is 5.36. The maximum atomic E-state index is 5.48. The second kappa shape index (κ2) is 7.58. The molecule has 1 aliphatic heterocycles. The minimum absolute atomic E-state index is 0. The van der Waals surface area contributed by atoms with Gasteiger partial charge in [0.15, 0.2) is 5.82 Å².